The Morgan fingerprint density at radius 3 is 2.62 bits per heavy atom. The van der Waals surface area contributed by atoms with Crippen molar-refractivity contribution in [2.45, 2.75) is 13.0 Å². The first-order valence-electron chi connectivity index (χ1n) is 7.56. The van der Waals surface area contributed by atoms with Crippen LogP contribution >= 0.6 is 0 Å². The number of benzene rings is 2. The van der Waals surface area contributed by atoms with E-state index >= 15 is 0 Å². The van der Waals surface area contributed by atoms with Crippen molar-refractivity contribution in [2.24, 2.45) is 5.73 Å². The fourth-order valence-corrected chi connectivity index (χ4v) is 2.50. The molecular formula is C19H18N2O3. The Labute approximate surface area is 140 Å². The zero-order chi connectivity index (χ0) is 17.1. The van der Waals surface area contributed by atoms with Crippen molar-refractivity contribution in [3.63, 3.8) is 0 Å². The Balaban J connectivity index is 1.96. The van der Waals surface area contributed by atoms with Gasteiger partial charge in [-0.2, -0.15) is 0 Å². The summed E-state index contributed by atoms with van der Waals surface area (Å²) in [6, 6.07) is 13.6. The largest absolute Gasteiger partial charge is 0.496 e. The molecule has 2 aromatic carbocycles. The summed E-state index contributed by atoms with van der Waals surface area (Å²) in [5.74, 6) is 0.897. The van der Waals surface area contributed by atoms with Crippen LogP contribution in [-0.4, -0.2) is 24.1 Å². The van der Waals surface area contributed by atoms with Crippen LogP contribution in [0.4, 0.5) is 0 Å². The molecule has 1 amide bonds. The van der Waals surface area contributed by atoms with Gasteiger partial charge in [0.25, 0.3) is 5.91 Å². The lowest BCUT2D eigenvalue weighted by atomic mass is 10.0. The van der Waals surface area contributed by atoms with Gasteiger partial charge in [0, 0.05) is 18.0 Å². The van der Waals surface area contributed by atoms with E-state index in [4.69, 9.17) is 15.2 Å². The summed E-state index contributed by atoms with van der Waals surface area (Å²) in [6.45, 7) is 1.63. The highest BCUT2D eigenvalue weighted by Crippen LogP contribution is 2.32. The van der Waals surface area contributed by atoms with E-state index in [1.54, 1.807) is 26.4 Å². The molecule has 0 fully saturated rings. The zero-order valence-corrected chi connectivity index (χ0v) is 13.5. The molecule has 5 heteroatoms. The van der Waals surface area contributed by atoms with Crippen LogP contribution in [-0.2, 0) is 4.79 Å². The van der Waals surface area contributed by atoms with Crippen molar-refractivity contribution in [3.8, 4) is 22.6 Å². The summed E-state index contributed by atoms with van der Waals surface area (Å²) in [4.78, 5) is 15.3. The Kier molecular flexibility index (Phi) is 4.33. The predicted octanol–water partition coefficient (Wildman–Crippen LogP) is 3.16. The molecule has 0 saturated carbocycles. The second-order valence-corrected chi connectivity index (χ2v) is 5.46. The Bertz CT molecular complexity index is 893. The highest BCUT2D eigenvalue weighted by atomic mass is 16.5. The Hall–Kier alpha value is -3.08. The van der Waals surface area contributed by atoms with Crippen molar-refractivity contribution in [1.29, 1.82) is 0 Å². The van der Waals surface area contributed by atoms with Gasteiger partial charge in [-0.3, -0.25) is 9.78 Å². The van der Waals surface area contributed by atoms with Crippen LogP contribution in [0.5, 0.6) is 11.5 Å². The topological polar surface area (TPSA) is 74.4 Å². The van der Waals surface area contributed by atoms with E-state index in [0.29, 0.717) is 5.75 Å². The smallest absolute Gasteiger partial charge is 0.258 e. The van der Waals surface area contributed by atoms with Crippen LogP contribution in [0.2, 0.25) is 0 Å². The van der Waals surface area contributed by atoms with Gasteiger partial charge in [0.2, 0.25) is 0 Å². The Morgan fingerprint density at radius 2 is 1.88 bits per heavy atom. The number of methoxy groups -OCH3 is 1. The number of aromatic nitrogens is 1. The summed E-state index contributed by atoms with van der Waals surface area (Å²) < 4.78 is 10.9. The van der Waals surface area contributed by atoms with Crippen LogP contribution in [0.25, 0.3) is 21.9 Å². The monoisotopic (exact) mass is 322 g/mol. The van der Waals surface area contributed by atoms with E-state index in [0.717, 1.165) is 27.6 Å². The molecule has 2 N–H and O–H groups in total. The molecule has 0 radical (unpaired) electrons. The van der Waals surface area contributed by atoms with Crippen molar-refractivity contribution in [3.05, 3.63) is 54.9 Å². The quantitative estimate of drug-likeness (QED) is 0.783. The maximum absolute atomic E-state index is 11.1. The number of nitrogens with zero attached hydrogens (tertiary/aromatic N) is 1. The van der Waals surface area contributed by atoms with E-state index in [1.807, 2.05) is 36.4 Å². The number of fused-ring (bicyclic) bond motifs is 1. The predicted molar refractivity (Wildman–Crippen MR) is 93.0 cm³/mol. The molecule has 3 rings (SSSR count). The van der Waals surface area contributed by atoms with Crippen LogP contribution in [0.3, 0.4) is 0 Å². The second kappa shape index (κ2) is 6.58. The van der Waals surface area contributed by atoms with Gasteiger partial charge in [-0.25, -0.2) is 0 Å². The van der Waals surface area contributed by atoms with Gasteiger partial charge in [-0.15, -0.1) is 0 Å². The SMILES string of the molecule is COc1ccncc1-c1ccc2cc(OC(C)C(N)=O)ccc2c1. The molecule has 1 aromatic heterocycles. The molecule has 0 aliphatic rings. The van der Waals surface area contributed by atoms with Crippen LogP contribution in [0.15, 0.2) is 54.9 Å². The normalized spacial score (nSPS) is 11.9. The van der Waals surface area contributed by atoms with Gasteiger partial charge in [0.05, 0.1) is 7.11 Å². The van der Waals surface area contributed by atoms with Gasteiger partial charge in [0.1, 0.15) is 11.5 Å². The number of carbonyl (C=O) groups is 1. The number of rotatable bonds is 5. The van der Waals surface area contributed by atoms with E-state index in [9.17, 15) is 4.79 Å². The standard InChI is InChI=1S/C19H18N2O3/c1-12(19(20)22)24-16-6-5-13-9-15(4-3-14(13)10-16)17-11-21-8-7-18(17)23-2/h3-12H,1-2H3,(H2,20,22). The summed E-state index contributed by atoms with van der Waals surface area (Å²) in [6.07, 6.45) is 2.82. The number of nitrogens with two attached hydrogens (primary N) is 1. The molecule has 24 heavy (non-hydrogen) atoms. The molecule has 1 unspecified atom stereocenters. The average molecular weight is 322 g/mol. The molecule has 0 saturated heterocycles. The second-order valence-electron chi connectivity index (χ2n) is 5.46. The zero-order valence-electron chi connectivity index (χ0n) is 13.5. The summed E-state index contributed by atoms with van der Waals surface area (Å²) >= 11 is 0. The highest BCUT2D eigenvalue weighted by Gasteiger charge is 2.11. The maximum Gasteiger partial charge on any atom is 0.258 e. The number of pyridine rings is 1. The molecule has 0 aliphatic carbocycles. The van der Waals surface area contributed by atoms with Gasteiger partial charge in [-0.05, 0) is 47.5 Å². The van der Waals surface area contributed by atoms with Crippen LogP contribution < -0.4 is 15.2 Å². The third-order valence-electron chi connectivity index (χ3n) is 3.84. The maximum atomic E-state index is 11.1. The highest BCUT2D eigenvalue weighted by molar-refractivity contribution is 5.89. The lowest BCUT2D eigenvalue weighted by Crippen LogP contribution is -2.30. The van der Waals surface area contributed by atoms with E-state index in [1.165, 1.54) is 0 Å². The number of ether oxygens (including phenoxy) is 2. The average Bonchev–Trinajstić information content (AvgIpc) is 2.61. The van der Waals surface area contributed by atoms with Gasteiger partial charge >= 0.3 is 0 Å². The summed E-state index contributed by atoms with van der Waals surface area (Å²) in [7, 11) is 1.64. The van der Waals surface area contributed by atoms with Crippen LogP contribution in [0.1, 0.15) is 6.92 Å². The first-order chi connectivity index (χ1) is 11.6. The van der Waals surface area contributed by atoms with Gasteiger partial charge in [0.15, 0.2) is 6.10 Å². The number of amides is 1. The minimum atomic E-state index is -0.665. The molecule has 1 heterocycles. The molecule has 0 bridgehead atoms. The van der Waals surface area contributed by atoms with E-state index in [-0.39, 0.29) is 0 Å². The number of hydrogen-bond acceptors (Lipinski definition) is 4. The minimum Gasteiger partial charge on any atom is -0.496 e. The molecular weight excluding hydrogens is 304 g/mol. The summed E-state index contributed by atoms with van der Waals surface area (Å²) in [5, 5.41) is 2.06. The summed E-state index contributed by atoms with van der Waals surface area (Å²) in [5.41, 5.74) is 7.18. The van der Waals surface area contributed by atoms with E-state index < -0.39 is 12.0 Å². The lowest BCUT2D eigenvalue weighted by molar-refractivity contribution is -0.123. The van der Waals surface area contributed by atoms with E-state index in [2.05, 4.69) is 11.1 Å². The first-order valence-corrected chi connectivity index (χ1v) is 7.56. The number of carbonyl (C=O) groups excluding carboxylic acids is 1. The third kappa shape index (κ3) is 3.15. The van der Waals surface area contributed by atoms with Gasteiger partial charge in [-0.1, -0.05) is 18.2 Å². The van der Waals surface area contributed by atoms with Crippen molar-refractivity contribution < 1.29 is 14.3 Å². The first kappa shape index (κ1) is 15.8. The fraction of sp³-hybridized carbons (Fsp3) is 0.158. The molecule has 0 aliphatic heterocycles. The molecule has 0 spiro atoms. The lowest BCUT2D eigenvalue weighted by Gasteiger charge is -2.12. The van der Waals surface area contributed by atoms with Crippen molar-refractivity contribution in [1.82, 2.24) is 4.98 Å². The Morgan fingerprint density at radius 1 is 1.12 bits per heavy atom. The third-order valence-corrected chi connectivity index (χ3v) is 3.84. The fourth-order valence-electron chi connectivity index (χ4n) is 2.50. The molecule has 122 valence electrons. The number of hydrogen-bond donors (Lipinski definition) is 1. The minimum absolute atomic E-state index is 0.492. The van der Waals surface area contributed by atoms with Crippen LogP contribution in [0, 0.1) is 0 Å². The van der Waals surface area contributed by atoms with Crippen molar-refractivity contribution in [2.75, 3.05) is 7.11 Å². The molecule has 5 nitrogen and oxygen atoms in total. The number of primary amides is 1. The molecule has 1 atom stereocenters. The van der Waals surface area contributed by atoms with Gasteiger partial charge < -0.3 is 15.2 Å². The van der Waals surface area contributed by atoms with Crippen molar-refractivity contribution >= 4 is 16.7 Å². The molecule has 3 aromatic rings.